The molecule has 0 saturated carbocycles. The highest BCUT2D eigenvalue weighted by Crippen LogP contribution is 2.34. The lowest BCUT2D eigenvalue weighted by molar-refractivity contribution is 0.00818. The van der Waals surface area contributed by atoms with Crippen LogP contribution in [-0.2, 0) is 14.9 Å². The second kappa shape index (κ2) is 6.47. The van der Waals surface area contributed by atoms with Crippen molar-refractivity contribution in [3.05, 3.63) is 35.6 Å². The molecule has 0 radical (unpaired) electrons. The summed E-state index contributed by atoms with van der Waals surface area (Å²) in [5.74, 6) is -0.162. The zero-order valence-electron chi connectivity index (χ0n) is 13.5. The number of hydrogen-bond acceptors (Lipinski definition) is 3. The summed E-state index contributed by atoms with van der Waals surface area (Å²) in [7, 11) is -3.48. The van der Waals surface area contributed by atoms with E-state index in [4.69, 9.17) is 4.74 Å². The maximum Gasteiger partial charge on any atom is 0.282 e. The molecule has 0 N–H and O–H groups in total. The Balaban J connectivity index is 1.76. The van der Waals surface area contributed by atoms with Crippen molar-refractivity contribution in [1.82, 2.24) is 8.61 Å². The molecule has 7 heteroatoms. The maximum atomic E-state index is 13.1. The zero-order valence-corrected chi connectivity index (χ0v) is 14.3. The van der Waals surface area contributed by atoms with Crippen molar-refractivity contribution in [2.24, 2.45) is 0 Å². The Kier molecular flexibility index (Phi) is 4.73. The molecule has 0 aliphatic carbocycles. The van der Waals surface area contributed by atoms with Crippen molar-refractivity contribution in [2.45, 2.75) is 38.3 Å². The summed E-state index contributed by atoms with van der Waals surface area (Å²) in [6, 6.07) is 6.30. The molecule has 128 valence electrons. The molecule has 2 aliphatic rings. The minimum absolute atomic E-state index is 0.0618. The van der Waals surface area contributed by atoms with E-state index in [0.717, 1.165) is 12.0 Å². The van der Waals surface area contributed by atoms with Crippen LogP contribution in [0.3, 0.4) is 0 Å². The summed E-state index contributed by atoms with van der Waals surface area (Å²) >= 11 is 0. The SMILES string of the molecule is C[C@@H]1CN(S(=O)(=O)N2C[C@@H](c3ccc(F)cc3)C[C@@H]2C)CCO1. The lowest BCUT2D eigenvalue weighted by atomic mass is 9.97. The number of hydrogen-bond donors (Lipinski definition) is 0. The fourth-order valence-corrected chi connectivity index (χ4v) is 5.35. The van der Waals surface area contributed by atoms with Crippen molar-refractivity contribution < 1.29 is 17.5 Å². The van der Waals surface area contributed by atoms with E-state index in [0.29, 0.717) is 26.2 Å². The van der Waals surface area contributed by atoms with Crippen molar-refractivity contribution in [1.29, 1.82) is 0 Å². The van der Waals surface area contributed by atoms with Gasteiger partial charge in [-0.15, -0.1) is 0 Å². The summed E-state index contributed by atoms with van der Waals surface area (Å²) in [4.78, 5) is 0. The number of benzene rings is 1. The highest BCUT2D eigenvalue weighted by molar-refractivity contribution is 7.86. The first kappa shape index (κ1) is 16.8. The fraction of sp³-hybridized carbons (Fsp3) is 0.625. The normalized spacial score (nSPS) is 30.7. The quantitative estimate of drug-likeness (QED) is 0.844. The Bertz CT molecular complexity index is 650. The highest BCUT2D eigenvalue weighted by Gasteiger charge is 2.41. The predicted molar refractivity (Wildman–Crippen MR) is 85.8 cm³/mol. The first-order valence-corrected chi connectivity index (χ1v) is 9.41. The van der Waals surface area contributed by atoms with Crippen molar-refractivity contribution in [3.63, 3.8) is 0 Å². The molecule has 0 unspecified atom stereocenters. The number of halogens is 1. The average Bonchev–Trinajstić information content (AvgIpc) is 2.91. The standard InChI is InChI=1S/C16H23FN2O3S/c1-12-9-15(14-3-5-16(17)6-4-14)11-19(12)23(20,21)18-7-8-22-13(2)10-18/h3-6,12-13,15H,7-11H2,1-2H3/t12-,13+,15-/m0/s1. The molecule has 5 nitrogen and oxygen atoms in total. The largest absolute Gasteiger partial charge is 0.376 e. The number of rotatable bonds is 3. The fourth-order valence-electron chi connectivity index (χ4n) is 3.44. The van der Waals surface area contributed by atoms with E-state index in [1.165, 1.54) is 16.4 Å². The molecule has 2 aliphatic heterocycles. The van der Waals surface area contributed by atoms with Crippen LogP contribution in [0, 0.1) is 5.82 Å². The van der Waals surface area contributed by atoms with Gasteiger partial charge in [-0.05, 0) is 43.9 Å². The maximum absolute atomic E-state index is 13.1. The summed E-state index contributed by atoms with van der Waals surface area (Å²) in [6.45, 7) is 5.50. The van der Waals surface area contributed by atoms with Crippen molar-refractivity contribution in [2.75, 3.05) is 26.2 Å². The van der Waals surface area contributed by atoms with Gasteiger partial charge in [-0.2, -0.15) is 17.0 Å². The van der Waals surface area contributed by atoms with Gasteiger partial charge in [-0.3, -0.25) is 0 Å². The van der Waals surface area contributed by atoms with Crippen LogP contribution in [0.5, 0.6) is 0 Å². The van der Waals surface area contributed by atoms with Crippen LogP contribution in [0.4, 0.5) is 4.39 Å². The Morgan fingerprint density at radius 1 is 1.17 bits per heavy atom. The Morgan fingerprint density at radius 2 is 1.87 bits per heavy atom. The van der Waals surface area contributed by atoms with Gasteiger partial charge >= 0.3 is 0 Å². The van der Waals surface area contributed by atoms with Crippen LogP contribution in [0.15, 0.2) is 24.3 Å². The first-order valence-electron chi connectivity index (χ1n) is 8.02. The molecule has 2 heterocycles. The van der Waals surface area contributed by atoms with Crippen molar-refractivity contribution >= 4 is 10.2 Å². The van der Waals surface area contributed by atoms with Crippen LogP contribution in [0.1, 0.15) is 31.7 Å². The van der Waals surface area contributed by atoms with Crippen LogP contribution in [-0.4, -0.2) is 55.4 Å². The van der Waals surface area contributed by atoms with Gasteiger partial charge in [-0.25, -0.2) is 4.39 Å². The van der Waals surface area contributed by atoms with Gasteiger partial charge in [0.1, 0.15) is 5.82 Å². The Labute approximate surface area is 137 Å². The summed E-state index contributed by atoms with van der Waals surface area (Å²) in [6.07, 6.45) is 0.675. The molecule has 0 bridgehead atoms. The lowest BCUT2D eigenvalue weighted by Crippen LogP contribution is -2.51. The molecular formula is C16H23FN2O3S. The first-order chi connectivity index (χ1) is 10.9. The molecule has 0 aromatic heterocycles. The highest BCUT2D eigenvalue weighted by atomic mass is 32.2. The predicted octanol–water partition coefficient (Wildman–Crippen LogP) is 1.97. The molecule has 0 amide bonds. The average molecular weight is 342 g/mol. The van der Waals surface area contributed by atoms with E-state index in [9.17, 15) is 12.8 Å². The zero-order chi connectivity index (χ0) is 16.6. The summed E-state index contributed by atoms with van der Waals surface area (Å²) < 4.78 is 47.4. The smallest absolute Gasteiger partial charge is 0.282 e. The molecule has 1 aromatic carbocycles. The summed E-state index contributed by atoms with van der Waals surface area (Å²) in [5, 5.41) is 0. The van der Waals surface area contributed by atoms with E-state index in [2.05, 4.69) is 0 Å². The molecule has 1 aromatic rings. The van der Waals surface area contributed by atoms with Crippen LogP contribution >= 0.6 is 0 Å². The summed E-state index contributed by atoms with van der Waals surface area (Å²) in [5.41, 5.74) is 0.992. The van der Waals surface area contributed by atoms with Gasteiger partial charge in [0, 0.05) is 25.7 Å². The topological polar surface area (TPSA) is 49.9 Å². The second-order valence-corrected chi connectivity index (χ2v) is 8.33. The van der Waals surface area contributed by atoms with E-state index in [1.807, 2.05) is 13.8 Å². The van der Waals surface area contributed by atoms with E-state index in [1.54, 1.807) is 16.4 Å². The van der Waals surface area contributed by atoms with Gasteiger partial charge < -0.3 is 4.74 Å². The van der Waals surface area contributed by atoms with Crippen LogP contribution in [0.2, 0.25) is 0 Å². The van der Waals surface area contributed by atoms with Crippen LogP contribution < -0.4 is 0 Å². The number of ether oxygens (including phenoxy) is 1. The minimum atomic E-state index is -3.48. The van der Waals surface area contributed by atoms with Gasteiger partial charge in [0.2, 0.25) is 0 Å². The Morgan fingerprint density at radius 3 is 2.52 bits per heavy atom. The molecular weight excluding hydrogens is 319 g/mol. The van der Waals surface area contributed by atoms with Gasteiger partial charge in [-0.1, -0.05) is 12.1 Å². The van der Waals surface area contributed by atoms with Gasteiger partial charge in [0.15, 0.2) is 0 Å². The second-order valence-electron chi connectivity index (χ2n) is 6.45. The third-order valence-corrected chi connectivity index (χ3v) is 6.77. The molecule has 2 fully saturated rings. The van der Waals surface area contributed by atoms with E-state index in [-0.39, 0.29) is 23.9 Å². The number of morpholine rings is 1. The monoisotopic (exact) mass is 342 g/mol. The third kappa shape index (κ3) is 3.42. The van der Waals surface area contributed by atoms with Gasteiger partial charge in [0.25, 0.3) is 10.2 Å². The number of nitrogens with zero attached hydrogens (tertiary/aromatic N) is 2. The van der Waals surface area contributed by atoms with E-state index < -0.39 is 10.2 Å². The molecule has 3 atom stereocenters. The van der Waals surface area contributed by atoms with E-state index >= 15 is 0 Å². The van der Waals surface area contributed by atoms with Gasteiger partial charge in [0.05, 0.1) is 12.7 Å². The third-order valence-electron chi connectivity index (χ3n) is 4.69. The minimum Gasteiger partial charge on any atom is -0.376 e. The molecule has 0 spiro atoms. The molecule has 3 rings (SSSR count). The molecule has 2 saturated heterocycles. The van der Waals surface area contributed by atoms with Crippen LogP contribution in [0.25, 0.3) is 0 Å². The Hall–Kier alpha value is -1.02. The lowest BCUT2D eigenvalue weighted by Gasteiger charge is -2.34. The molecule has 23 heavy (non-hydrogen) atoms. The van der Waals surface area contributed by atoms with Crippen molar-refractivity contribution in [3.8, 4) is 0 Å².